The summed E-state index contributed by atoms with van der Waals surface area (Å²) in [5.41, 5.74) is 2.96. The number of nitrogens with zero attached hydrogens (tertiary/aromatic N) is 5. The van der Waals surface area contributed by atoms with Crippen LogP contribution in [0, 0.1) is 6.92 Å². The molecule has 0 radical (unpaired) electrons. The van der Waals surface area contributed by atoms with Crippen molar-refractivity contribution in [3.8, 4) is 5.82 Å². The van der Waals surface area contributed by atoms with Crippen LogP contribution in [-0.2, 0) is 13.5 Å². The summed E-state index contributed by atoms with van der Waals surface area (Å²) in [5.74, 6) is 1.43. The van der Waals surface area contributed by atoms with Crippen LogP contribution in [0.2, 0.25) is 0 Å². The molecule has 0 unspecified atom stereocenters. The quantitative estimate of drug-likeness (QED) is 0.574. The molecule has 0 atom stereocenters. The third-order valence-electron chi connectivity index (χ3n) is 3.99. The van der Waals surface area contributed by atoms with Gasteiger partial charge < -0.3 is 9.55 Å². The number of aromatic nitrogens is 6. The highest BCUT2D eigenvalue weighted by atomic mass is 79.9. The number of H-pyrrole nitrogens is 1. The van der Waals surface area contributed by atoms with E-state index in [1.54, 1.807) is 13.2 Å². The molecule has 7 nitrogen and oxygen atoms in total. The highest BCUT2D eigenvalue weighted by molar-refractivity contribution is 9.10. The molecule has 0 aliphatic rings. The highest BCUT2D eigenvalue weighted by Gasteiger charge is 2.13. The fraction of sp³-hybridized carbons (Fsp3) is 0.176. The highest BCUT2D eigenvalue weighted by Crippen LogP contribution is 2.18. The molecule has 0 amide bonds. The predicted octanol–water partition coefficient (Wildman–Crippen LogP) is 2.50. The summed E-state index contributed by atoms with van der Waals surface area (Å²) < 4.78 is 4.05. The molecule has 0 fully saturated rings. The molecule has 0 aliphatic heterocycles. The van der Waals surface area contributed by atoms with Crippen LogP contribution in [0.5, 0.6) is 0 Å². The largest absolute Gasteiger partial charge is 0.308 e. The summed E-state index contributed by atoms with van der Waals surface area (Å²) in [6.07, 6.45) is 6.29. The van der Waals surface area contributed by atoms with E-state index in [0.29, 0.717) is 27.9 Å². The maximum Gasteiger partial charge on any atom is 0.277 e. The molecule has 0 aromatic carbocycles. The zero-order valence-electron chi connectivity index (χ0n) is 13.7. The van der Waals surface area contributed by atoms with E-state index in [0.717, 1.165) is 11.4 Å². The summed E-state index contributed by atoms with van der Waals surface area (Å²) >= 11 is 3.35. The van der Waals surface area contributed by atoms with Crippen molar-refractivity contribution in [2.45, 2.75) is 13.3 Å². The van der Waals surface area contributed by atoms with Crippen LogP contribution in [0.1, 0.15) is 17.0 Å². The molecule has 4 rings (SSSR count). The van der Waals surface area contributed by atoms with Crippen LogP contribution in [0.25, 0.3) is 16.9 Å². The Morgan fingerprint density at radius 2 is 2.12 bits per heavy atom. The molecule has 0 spiro atoms. The minimum atomic E-state index is -0.201. The van der Waals surface area contributed by atoms with Crippen molar-refractivity contribution < 1.29 is 0 Å². The van der Waals surface area contributed by atoms with Crippen molar-refractivity contribution in [3.05, 3.63) is 68.7 Å². The van der Waals surface area contributed by atoms with Gasteiger partial charge in [0.15, 0.2) is 10.1 Å². The normalized spacial score (nSPS) is 11.3. The van der Waals surface area contributed by atoms with E-state index >= 15 is 0 Å². The van der Waals surface area contributed by atoms with Gasteiger partial charge in [-0.05, 0) is 46.1 Å². The van der Waals surface area contributed by atoms with Crippen LogP contribution in [-0.4, -0.2) is 29.3 Å². The molecule has 0 aliphatic carbocycles. The Kier molecular flexibility index (Phi) is 3.76. The predicted molar refractivity (Wildman–Crippen MR) is 97.9 cm³/mol. The Morgan fingerprint density at radius 3 is 2.80 bits per heavy atom. The van der Waals surface area contributed by atoms with Crippen LogP contribution in [0.4, 0.5) is 0 Å². The van der Waals surface area contributed by atoms with Crippen LogP contribution < -0.4 is 5.56 Å². The van der Waals surface area contributed by atoms with E-state index in [1.807, 2.05) is 42.1 Å². The van der Waals surface area contributed by atoms with E-state index < -0.39 is 0 Å². The minimum Gasteiger partial charge on any atom is -0.308 e. The zero-order valence-corrected chi connectivity index (χ0v) is 15.3. The van der Waals surface area contributed by atoms with Gasteiger partial charge in [-0.25, -0.2) is 9.97 Å². The van der Waals surface area contributed by atoms with Crippen LogP contribution in [0.15, 0.2) is 46.2 Å². The lowest BCUT2D eigenvalue weighted by atomic mass is 10.2. The van der Waals surface area contributed by atoms with Crippen LogP contribution in [0.3, 0.4) is 0 Å². The van der Waals surface area contributed by atoms with Gasteiger partial charge in [0, 0.05) is 32.1 Å². The van der Waals surface area contributed by atoms with Gasteiger partial charge in [-0.3, -0.25) is 9.48 Å². The second-order valence-corrected chi connectivity index (χ2v) is 6.67. The van der Waals surface area contributed by atoms with Gasteiger partial charge in [-0.1, -0.05) is 6.07 Å². The van der Waals surface area contributed by atoms with Gasteiger partial charge in [0.25, 0.3) is 5.56 Å². The first kappa shape index (κ1) is 15.8. The maximum absolute atomic E-state index is 12.3. The smallest absolute Gasteiger partial charge is 0.277 e. The molecule has 1 N–H and O–H groups in total. The van der Waals surface area contributed by atoms with E-state index in [4.69, 9.17) is 0 Å². The lowest BCUT2D eigenvalue weighted by molar-refractivity contribution is 0.783. The lowest BCUT2D eigenvalue weighted by Crippen LogP contribution is -2.14. The third kappa shape index (κ3) is 2.89. The van der Waals surface area contributed by atoms with E-state index in [2.05, 4.69) is 36.0 Å². The Morgan fingerprint density at radius 1 is 1.28 bits per heavy atom. The Bertz CT molecular complexity index is 1120. The number of nitrogens with one attached hydrogen (secondary N) is 1. The van der Waals surface area contributed by atoms with Crippen molar-refractivity contribution in [2.75, 3.05) is 0 Å². The van der Waals surface area contributed by atoms with E-state index in [9.17, 15) is 4.79 Å². The van der Waals surface area contributed by atoms with E-state index in [1.165, 1.54) is 10.2 Å². The van der Waals surface area contributed by atoms with Crippen molar-refractivity contribution in [1.82, 2.24) is 29.3 Å². The molecule has 4 aromatic rings. The maximum atomic E-state index is 12.3. The molecule has 0 bridgehead atoms. The van der Waals surface area contributed by atoms with Gasteiger partial charge in [0.1, 0.15) is 17.2 Å². The summed E-state index contributed by atoms with van der Waals surface area (Å²) in [6.45, 7) is 2.04. The van der Waals surface area contributed by atoms with Crippen molar-refractivity contribution >= 4 is 27.0 Å². The first-order valence-electron chi connectivity index (χ1n) is 7.72. The van der Waals surface area contributed by atoms with Crippen molar-refractivity contribution in [2.24, 2.45) is 7.05 Å². The van der Waals surface area contributed by atoms with Gasteiger partial charge >= 0.3 is 0 Å². The van der Waals surface area contributed by atoms with Gasteiger partial charge in [0.05, 0.1) is 0 Å². The summed E-state index contributed by atoms with van der Waals surface area (Å²) in [7, 11) is 1.72. The number of aromatic amines is 1. The number of halogens is 1. The summed E-state index contributed by atoms with van der Waals surface area (Å²) in [5, 5.41) is 4.18. The molecule has 0 saturated carbocycles. The standard InChI is InChI=1S/C17H15BrN6O/c1-10-5-6-24(9-10)13-4-3-11(8-19-13)7-12-20-14-15(17(25)21-12)23(2)22-16(14)18/h3-6,8-9H,7H2,1-2H3,(H,20,21,25). The van der Waals surface area contributed by atoms with Gasteiger partial charge in [0.2, 0.25) is 0 Å². The summed E-state index contributed by atoms with van der Waals surface area (Å²) in [4.78, 5) is 24.1. The molecule has 25 heavy (non-hydrogen) atoms. The third-order valence-corrected chi connectivity index (χ3v) is 4.52. The average Bonchev–Trinajstić information content (AvgIpc) is 3.12. The summed E-state index contributed by atoms with van der Waals surface area (Å²) in [6, 6.07) is 5.97. The molecule has 4 aromatic heterocycles. The fourth-order valence-corrected chi connectivity index (χ4v) is 3.30. The van der Waals surface area contributed by atoms with Gasteiger partial charge in [-0.15, -0.1) is 0 Å². The monoisotopic (exact) mass is 398 g/mol. The number of hydrogen-bond acceptors (Lipinski definition) is 4. The molecule has 4 heterocycles. The second-order valence-electron chi connectivity index (χ2n) is 5.92. The molecule has 0 saturated heterocycles. The topological polar surface area (TPSA) is 81.4 Å². The molecule has 8 heteroatoms. The number of pyridine rings is 1. The number of aryl methyl sites for hydroxylation is 2. The van der Waals surface area contributed by atoms with Crippen molar-refractivity contribution in [1.29, 1.82) is 0 Å². The van der Waals surface area contributed by atoms with Gasteiger partial charge in [-0.2, -0.15) is 5.10 Å². The number of rotatable bonds is 3. The molecule has 126 valence electrons. The SMILES string of the molecule is Cc1ccn(-c2ccc(Cc3nc4c(Br)nn(C)c4c(=O)[nH]3)cn2)c1. The molecular formula is C17H15BrN6O. The first-order valence-corrected chi connectivity index (χ1v) is 8.52. The number of fused-ring (bicyclic) bond motifs is 1. The molecular weight excluding hydrogens is 384 g/mol. The second kappa shape index (κ2) is 5.96. The van der Waals surface area contributed by atoms with Crippen LogP contribution >= 0.6 is 15.9 Å². The van der Waals surface area contributed by atoms with E-state index in [-0.39, 0.29) is 5.56 Å². The Labute approximate surface area is 151 Å². The Balaban J connectivity index is 1.65. The Hall–Kier alpha value is -2.74. The zero-order chi connectivity index (χ0) is 17.6. The minimum absolute atomic E-state index is 0.201. The van der Waals surface area contributed by atoms with Crippen molar-refractivity contribution in [3.63, 3.8) is 0 Å². The first-order chi connectivity index (χ1) is 12.0. The lowest BCUT2D eigenvalue weighted by Gasteiger charge is -2.05. The average molecular weight is 399 g/mol. The number of hydrogen-bond donors (Lipinski definition) is 1. The fourth-order valence-electron chi connectivity index (χ4n) is 2.78.